The van der Waals surface area contributed by atoms with Gasteiger partial charge in [0.1, 0.15) is 5.75 Å². The Bertz CT molecular complexity index is 1060. The van der Waals surface area contributed by atoms with Gasteiger partial charge in [0.15, 0.2) is 0 Å². The van der Waals surface area contributed by atoms with Crippen molar-refractivity contribution in [1.29, 1.82) is 0 Å². The van der Waals surface area contributed by atoms with Crippen molar-refractivity contribution >= 4 is 21.8 Å². The van der Waals surface area contributed by atoms with E-state index < -0.39 is 10.0 Å². The van der Waals surface area contributed by atoms with E-state index in [0.29, 0.717) is 29.2 Å². The normalized spacial score (nSPS) is 11.8. The number of ether oxygens (including phenoxy) is 1. The van der Waals surface area contributed by atoms with Crippen molar-refractivity contribution in [1.82, 2.24) is 14.5 Å². The third kappa shape index (κ3) is 5.37. The highest BCUT2D eigenvalue weighted by Crippen LogP contribution is 2.25. The molecule has 0 spiro atoms. The molecule has 0 saturated heterocycles. The van der Waals surface area contributed by atoms with E-state index in [1.807, 2.05) is 26.0 Å². The fourth-order valence-electron chi connectivity index (χ4n) is 2.69. The summed E-state index contributed by atoms with van der Waals surface area (Å²) in [6.07, 6.45) is 0. The molecule has 0 bridgehead atoms. The lowest BCUT2D eigenvalue weighted by molar-refractivity contribution is 0.343. The lowest BCUT2D eigenvalue weighted by Crippen LogP contribution is -2.22. The molecule has 0 aliphatic heterocycles. The highest BCUT2D eigenvalue weighted by molar-refractivity contribution is 7.99. The summed E-state index contributed by atoms with van der Waals surface area (Å²) in [6.45, 7) is 4.48. The van der Waals surface area contributed by atoms with Crippen LogP contribution in [0.3, 0.4) is 0 Å². The maximum atomic E-state index is 12.1. The Balaban J connectivity index is 1.52. The second-order valence-corrected chi connectivity index (χ2v) is 9.90. The van der Waals surface area contributed by atoms with Crippen LogP contribution in [-0.4, -0.2) is 49.4 Å². The minimum absolute atomic E-state index is 0.231. The molecule has 0 aliphatic rings. The predicted molar refractivity (Wildman–Crippen MR) is 113 cm³/mol. The molecular weight excluding hydrogens is 410 g/mol. The van der Waals surface area contributed by atoms with E-state index in [2.05, 4.69) is 16.3 Å². The van der Waals surface area contributed by atoms with Gasteiger partial charge in [-0.3, -0.25) is 0 Å². The largest absolute Gasteiger partial charge is 0.493 e. The third-order valence-electron chi connectivity index (χ3n) is 4.06. The number of benzene rings is 2. The number of nitrogens with zero attached hydrogens (tertiary/aromatic N) is 3. The molecule has 0 radical (unpaired) electrons. The lowest BCUT2D eigenvalue weighted by atomic mass is 10.1. The summed E-state index contributed by atoms with van der Waals surface area (Å²) in [4.78, 5) is 0.231. The van der Waals surface area contributed by atoms with Gasteiger partial charge in [-0.15, -0.1) is 10.2 Å². The topological polar surface area (TPSA) is 85.5 Å². The van der Waals surface area contributed by atoms with E-state index in [1.165, 1.54) is 42.3 Å². The van der Waals surface area contributed by atoms with Crippen LogP contribution >= 0.6 is 11.8 Å². The molecule has 3 aromatic rings. The van der Waals surface area contributed by atoms with E-state index in [1.54, 1.807) is 12.1 Å². The monoisotopic (exact) mass is 433 g/mol. The average molecular weight is 434 g/mol. The van der Waals surface area contributed by atoms with E-state index in [9.17, 15) is 8.42 Å². The second kappa shape index (κ2) is 8.98. The molecule has 1 heterocycles. The molecule has 7 nitrogen and oxygen atoms in total. The Morgan fingerprint density at radius 1 is 1.03 bits per heavy atom. The fourth-order valence-corrected chi connectivity index (χ4v) is 4.17. The molecule has 154 valence electrons. The van der Waals surface area contributed by atoms with Crippen LogP contribution < -0.4 is 4.74 Å². The highest BCUT2D eigenvalue weighted by atomic mass is 32.2. The summed E-state index contributed by atoms with van der Waals surface area (Å²) in [5.41, 5.74) is 3.20. The third-order valence-corrected chi connectivity index (χ3v) is 6.67. The minimum atomic E-state index is -3.43. The molecular formula is C20H23N3O4S2. The molecule has 0 saturated carbocycles. The molecule has 0 N–H and O–H groups in total. The summed E-state index contributed by atoms with van der Waals surface area (Å²) in [6, 6.07) is 12.5. The van der Waals surface area contributed by atoms with Gasteiger partial charge in [-0.05, 0) is 50.2 Å². The molecule has 2 aromatic carbocycles. The van der Waals surface area contributed by atoms with Crippen LogP contribution in [0.1, 0.15) is 11.1 Å². The standard InChI is InChI=1S/C20H23N3O4S2/c1-14-11-15(2)13-16(12-14)19-21-22-20(27-19)28-10-9-26-17-5-7-18(8-6-17)29(24,25)23(3)4/h5-8,11-13H,9-10H2,1-4H3. The Hall–Kier alpha value is -2.36. The molecule has 3 rings (SSSR count). The summed E-state index contributed by atoms with van der Waals surface area (Å²) in [5, 5.41) is 8.67. The number of hydrogen-bond acceptors (Lipinski definition) is 7. The van der Waals surface area contributed by atoms with Crippen molar-refractivity contribution < 1.29 is 17.6 Å². The Morgan fingerprint density at radius 3 is 2.31 bits per heavy atom. The summed E-state index contributed by atoms with van der Waals surface area (Å²) in [5.74, 6) is 1.72. The summed E-state index contributed by atoms with van der Waals surface area (Å²) < 4.78 is 36.7. The molecule has 0 atom stereocenters. The number of aromatic nitrogens is 2. The molecule has 1 aromatic heterocycles. The zero-order valence-corrected chi connectivity index (χ0v) is 18.4. The number of thioether (sulfide) groups is 1. The molecule has 0 aliphatic carbocycles. The minimum Gasteiger partial charge on any atom is -0.493 e. The molecule has 0 fully saturated rings. The second-order valence-electron chi connectivity index (χ2n) is 6.71. The van der Waals surface area contributed by atoms with E-state index in [-0.39, 0.29) is 4.90 Å². The van der Waals surface area contributed by atoms with Crippen molar-refractivity contribution in [2.45, 2.75) is 24.0 Å². The van der Waals surface area contributed by atoms with Crippen LogP contribution in [0.25, 0.3) is 11.5 Å². The van der Waals surface area contributed by atoms with Crippen LogP contribution in [0.5, 0.6) is 5.75 Å². The van der Waals surface area contributed by atoms with Crippen LogP contribution in [0.2, 0.25) is 0 Å². The molecule has 29 heavy (non-hydrogen) atoms. The smallest absolute Gasteiger partial charge is 0.276 e. The lowest BCUT2D eigenvalue weighted by Gasteiger charge is -2.11. The Kier molecular flexibility index (Phi) is 6.61. The first-order valence-electron chi connectivity index (χ1n) is 8.96. The zero-order chi connectivity index (χ0) is 21.0. The van der Waals surface area contributed by atoms with Crippen LogP contribution in [0.4, 0.5) is 0 Å². The van der Waals surface area contributed by atoms with Gasteiger partial charge in [-0.2, -0.15) is 0 Å². The fraction of sp³-hybridized carbons (Fsp3) is 0.300. The summed E-state index contributed by atoms with van der Waals surface area (Å²) >= 11 is 1.41. The van der Waals surface area contributed by atoms with Gasteiger partial charge < -0.3 is 9.15 Å². The number of hydrogen-bond donors (Lipinski definition) is 0. The molecule has 0 amide bonds. The predicted octanol–water partition coefficient (Wildman–Crippen LogP) is 3.77. The van der Waals surface area contributed by atoms with Crippen molar-refractivity contribution in [3.63, 3.8) is 0 Å². The quantitative estimate of drug-likeness (QED) is 0.395. The van der Waals surface area contributed by atoms with Gasteiger partial charge in [0.25, 0.3) is 5.22 Å². The maximum Gasteiger partial charge on any atom is 0.276 e. The van der Waals surface area contributed by atoms with Gasteiger partial charge in [-0.1, -0.05) is 29.0 Å². The van der Waals surface area contributed by atoms with Crippen LogP contribution in [-0.2, 0) is 10.0 Å². The number of rotatable bonds is 8. The first kappa shape index (κ1) is 21.4. The van der Waals surface area contributed by atoms with Gasteiger partial charge in [0.2, 0.25) is 15.9 Å². The Labute approximate surface area is 175 Å². The summed E-state index contributed by atoms with van der Waals surface area (Å²) in [7, 11) is -0.435. The van der Waals surface area contributed by atoms with Crippen molar-refractivity contribution in [3.05, 3.63) is 53.6 Å². The number of sulfonamides is 1. The highest BCUT2D eigenvalue weighted by Gasteiger charge is 2.16. The Morgan fingerprint density at radius 2 is 1.69 bits per heavy atom. The zero-order valence-electron chi connectivity index (χ0n) is 16.7. The van der Waals surface area contributed by atoms with Crippen molar-refractivity contribution in [2.24, 2.45) is 0 Å². The molecule has 9 heteroatoms. The van der Waals surface area contributed by atoms with E-state index in [0.717, 1.165) is 16.7 Å². The van der Waals surface area contributed by atoms with E-state index in [4.69, 9.17) is 9.15 Å². The SMILES string of the molecule is Cc1cc(C)cc(-c2nnc(SCCOc3ccc(S(=O)(=O)N(C)C)cc3)o2)c1. The first-order chi connectivity index (χ1) is 13.8. The maximum absolute atomic E-state index is 12.1. The molecule has 0 unspecified atom stereocenters. The van der Waals surface area contributed by atoms with E-state index >= 15 is 0 Å². The van der Waals surface area contributed by atoms with Gasteiger partial charge in [0.05, 0.1) is 11.5 Å². The van der Waals surface area contributed by atoms with Gasteiger partial charge in [-0.25, -0.2) is 12.7 Å². The van der Waals surface area contributed by atoms with Gasteiger partial charge in [0, 0.05) is 25.4 Å². The van der Waals surface area contributed by atoms with Gasteiger partial charge >= 0.3 is 0 Å². The first-order valence-corrected chi connectivity index (χ1v) is 11.4. The van der Waals surface area contributed by atoms with Crippen LogP contribution in [0.15, 0.2) is 57.0 Å². The van der Waals surface area contributed by atoms with Crippen molar-refractivity contribution in [2.75, 3.05) is 26.5 Å². The number of aryl methyl sites for hydroxylation is 2. The average Bonchev–Trinajstić information content (AvgIpc) is 3.14. The van der Waals surface area contributed by atoms with Crippen LogP contribution in [0, 0.1) is 13.8 Å². The van der Waals surface area contributed by atoms with Crippen molar-refractivity contribution in [3.8, 4) is 17.2 Å².